The number of hydrogen-bond donors (Lipinski definition) is 1. The molecule has 0 atom stereocenters. The summed E-state index contributed by atoms with van der Waals surface area (Å²) in [6.45, 7) is 4.37. The summed E-state index contributed by atoms with van der Waals surface area (Å²) in [6, 6.07) is 3.84. The Morgan fingerprint density at radius 2 is 1.71 bits per heavy atom. The smallest absolute Gasteiger partial charge is 0.264 e. The van der Waals surface area contributed by atoms with E-state index >= 15 is 0 Å². The minimum atomic E-state index is -0.600. The van der Waals surface area contributed by atoms with Crippen molar-refractivity contribution in [1.82, 2.24) is 9.80 Å². The van der Waals surface area contributed by atoms with Crippen LogP contribution in [0, 0.1) is 6.92 Å². The van der Waals surface area contributed by atoms with Crippen LogP contribution >= 0.6 is 23.7 Å². The maximum absolute atomic E-state index is 12.3. The maximum Gasteiger partial charge on any atom is 0.264 e. The van der Waals surface area contributed by atoms with E-state index < -0.39 is 5.54 Å². The molecular formula is C14H20ClN3O2S. The molecule has 0 aromatic carbocycles. The molecule has 116 valence electrons. The Kier molecular flexibility index (Phi) is 4.60. The van der Waals surface area contributed by atoms with Crippen molar-refractivity contribution in [2.45, 2.75) is 25.3 Å². The number of rotatable bonds is 2. The molecule has 1 saturated heterocycles. The summed E-state index contributed by atoms with van der Waals surface area (Å²) in [4.78, 5) is 30.0. The quantitative estimate of drug-likeness (QED) is 0.888. The van der Waals surface area contributed by atoms with Crippen molar-refractivity contribution >= 4 is 35.6 Å². The molecule has 0 spiro atoms. The molecule has 2 fully saturated rings. The molecule has 21 heavy (non-hydrogen) atoms. The Hall–Kier alpha value is -1.11. The standard InChI is InChI=1S/C14H19N3O2S.ClH/c1-10-2-3-11(20-10)12(18)16-6-8-17(9-7-16)13(19)14(15)4-5-14;/h2-3H,4-9,15H2,1H3;1H. The highest BCUT2D eigenvalue weighted by molar-refractivity contribution is 7.13. The number of carbonyl (C=O) groups is 2. The summed E-state index contributed by atoms with van der Waals surface area (Å²) in [7, 11) is 0. The van der Waals surface area contributed by atoms with Gasteiger partial charge in [-0.1, -0.05) is 0 Å². The predicted octanol–water partition coefficient (Wildman–Crippen LogP) is 1.25. The van der Waals surface area contributed by atoms with E-state index in [1.54, 1.807) is 4.90 Å². The van der Waals surface area contributed by atoms with Crippen LogP contribution in [0.2, 0.25) is 0 Å². The monoisotopic (exact) mass is 329 g/mol. The van der Waals surface area contributed by atoms with E-state index in [-0.39, 0.29) is 24.2 Å². The maximum atomic E-state index is 12.3. The van der Waals surface area contributed by atoms with E-state index in [1.165, 1.54) is 11.3 Å². The van der Waals surface area contributed by atoms with Crippen LogP contribution in [0.4, 0.5) is 0 Å². The zero-order chi connectivity index (χ0) is 14.3. The summed E-state index contributed by atoms with van der Waals surface area (Å²) in [6.07, 6.45) is 1.58. The molecule has 7 heteroatoms. The molecule has 1 aliphatic heterocycles. The average molecular weight is 330 g/mol. The summed E-state index contributed by atoms with van der Waals surface area (Å²) in [5.74, 6) is 0.126. The van der Waals surface area contributed by atoms with E-state index in [0.29, 0.717) is 26.2 Å². The van der Waals surface area contributed by atoms with Crippen LogP contribution in [-0.2, 0) is 4.79 Å². The normalized spacial score (nSPS) is 19.9. The number of aryl methyl sites for hydroxylation is 1. The number of halogens is 1. The molecule has 5 nitrogen and oxygen atoms in total. The molecule has 1 saturated carbocycles. The third kappa shape index (κ3) is 3.22. The van der Waals surface area contributed by atoms with Crippen LogP contribution in [0.15, 0.2) is 12.1 Å². The van der Waals surface area contributed by atoms with E-state index in [9.17, 15) is 9.59 Å². The average Bonchev–Trinajstić information content (AvgIpc) is 3.06. The molecule has 3 rings (SSSR count). The topological polar surface area (TPSA) is 66.6 Å². The van der Waals surface area contributed by atoms with Gasteiger partial charge in [-0.25, -0.2) is 0 Å². The second-order valence-corrected chi connectivity index (χ2v) is 6.94. The Bertz CT molecular complexity index is 548. The van der Waals surface area contributed by atoms with Gasteiger partial charge in [-0.2, -0.15) is 0 Å². The second kappa shape index (κ2) is 5.94. The van der Waals surface area contributed by atoms with Crippen molar-refractivity contribution < 1.29 is 9.59 Å². The molecule has 2 heterocycles. The molecule has 0 bridgehead atoms. The molecule has 0 radical (unpaired) electrons. The Morgan fingerprint density at radius 1 is 1.14 bits per heavy atom. The van der Waals surface area contributed by atoms with Gasteiger partial charge in [0.15, 0.2) is 0 Å². The molecule has 1 aromatic heterocycles. The van der Waals surface area contributed by atoms with Crippen molar-refractivity contribution in [3.63, 3.8) is 0 Å². The van der Waals surface area contributed by atoms with Gasteiger partial charge >= 0.3 is 0 Å². The van der Waals surface area contributed by atoms with Gasteiger partial charge in [-0.05, 0) is 31.9 Å². The lowest BCUT2D eigenvalue weighted by Crippen LogP contribution is -2.55. The van der Waals surface area contributed by atoms with Gasteiger partial charge in [-0.3, -0.25) is 9.59 Å². The minimum Gasteiger partial charge on any atom is -0.338 e. The van der Waals surface area contributed by atoms with Gasteiger partial charge in [0.2, 0.25) is 5.91 Å². The Balaban J connectivity index is 0.00000161. The van der Waals surface area contributed by atoms with E-state index in [0.717, 1.165) is 22.6 Å². The molecular weight excluding hydrogens is 310 g/mol. The zero-order valence-corrected chi connectivity index (χ0v) is 13.6. The summed E-state index contributed by atoms with van der Waals surface area (Å²) < 4.78 is 0. The highest BCUT2D eigenvalue weighted by atomic mass is 35.5. The number of thiophene rings is 1. The third-order valence-electron chi connectivity index (χ3n) is 4.02. The van der Waals surface area contributed by atoms with Gasteiger partial charge in [0.25, 0.3) is 5.91 Å². The van der Waals surface area contributed by atoms with Crippen molar-refractivity contribution in [2.75, 3.05) is 26.2 Å². The number of carbonyl (C=O) groups excluding carboxylic acids is 2. The fourth-order valence-electron chi connectivity index (χ4n) is 2.48. The van der Waals surface area contributed by atoms with E-state index in [4.69, 9.17) is 5.73 Å². The predicted molar refractivity (Wildman–Crippen MR) is 84.9 cm³/mol. The van der Waals surface area contributed by atoms with Gasteiger partial charge in [0.1, 0.15) is 0 Å². The molecule has 1 aliphatic carbocycles. The molecule has 2 aliphatic rings. The first-order valence-corrected chi connectivity index (χ1v) is 7.75. The summed E-state index contributed by atoms with van der Waals surface area (Å²) in [5.41, 5.74) is 5.34. The lowest BCUT2D eigenvalue weighted by atomic mass is 10.2. The summed E-state index contributed by atoms with van der Waals surface area (Å²) >= 11 is 1.52. The summed E-state index contributed by atoms with van der Waals surface area (Å²) in [5, 5.41) is 0. The number of hydrogen-bond acceptors (Lipinski definition) is 4. The Morgan fingerprint density at radius 3 is 2.19 bits per heavy atom. The van der Waals surface area contributed by atoms with E-state index in [2.05, 4.69) is 0 Å². The van der Waals surface area contributed by atoms with Crippen molar-refractivity contribution in [3.8, 4) is 0 Å². The van der Waals surface area contributed by atoms with Crippen LogP contribution in [0.5, 0.6) is 0 Å². The minimum absolute atomic E-state index is 0. The first-order valence-electron chi connectivity index (χ1n) is 6.94. The SMILES string of the molecule is Cc1ccc(C(=O)N2CCN(C(=O)C3(N)CC3)CC2)s1.Cl. The van der Waals surface area contributed by atoms with E-state index in [1.807, 2.05) is 24.0 Å². The lowest BCUT2D eigenvalue weighted by molar-refractivity contribution is -0.135. The van der Waals surface area contributed by atoms with Crippen LogP contribution in [0.1, 0.15) is 27.4 Å². The molecule has 0 unspecified atom stereocenters. The van der Waals surface area contributed by atoms with Gasteiger partial charge < -0.3 is 15.5 Å². The van der Waals surface area contributed by atoms with Crippen LogP contribution in [0.3, 0.4) is 0 Å². The highest BCUT2D eigenvalue weighted by Gasteiger charge is 2.48. The first-order chi connectivity index (χ1) is 9.49. The zero-order valence-electron chi connectivity index (χ0n) is 12.0. The fourth-order valence-corrected chi connectivity index (χ4v) is 3.32. The number of nitrogens with two attached hydrogens (primary N) is 1. The van der Waals surface area contributed by atoms with Crippen LogP contribution < -0.4 is 5.73 Å². The third-order valence-corrected chi connectivity index (χ3v) is 5.01. The van der Waals surface area contributed by atoms with Gasteiger partial charge in [0, 0.05) is 31.1 Å². The Labute approximate surface area is 134 Å². The first kappa shape index (κ1) is 16.3. The van der Waals surface area contributed by atoms with Crippen molar-refractivity contribution in [1.29, 1.82) is 0 Å². The number of piperazine rings is 1. The number of nitrogens with zero attached hydrogens (tertiary/aromatic N) is 2. The van der Waals surface area contributed by atoms with Gasteiger partial charge in [-0.15, -0.1) is 23.7 Å². The fraction of sp³-hybridized carbons (Fsp3) is 0.571. The van der Waals surface area contributed by atoms with Gasteiger partial charge in [0.05, 0.1) is 10.4 Å². The molecule has 2 N–H and O–H groups in total. The van der Waals surface area contributed by atoms with Crippen molar-refractivity contribution in [3.05, 3.63) is 21.9 Å². The lowest BCUT2D eigenvalue weighted by Gasteiger charge is -2.35. The number of amides is 2. The highest BCUT2D eigenvalue weighted by Crippen LogP contribution is 2.34. The van der Waals surface area contributed by atoms with Crippen molar-refractivity contribution in [2.24, 2.45) is 5.73 Å². The molecule has 2 amide bonds. The van der Waals surface area contributed by atoms with Crippen LogP contribution in [0.25, 0.3) is 0 Å². The molecule has 1 aromatic rings. The largest absolute Gasteiger partial charge is 0.338 e. The van der Waals surface area contributed by atoms with Crippen LogP contribution in [-0.4, -0.2) is 53.3 Å². The second-order valence-electron chi connectivity index (χ2n) is 5.65.